The van der Waals surface area contributed by atoms with Crippen molar-refractivity contribution in [2.75, 3.05) is 5.32 Å². The molecule has 0 saturated heterocycles. The topological polar surface area (TPSA) is 49.3 Å². The van der Waals surface area contributed by atoms with Gasteiger partial charge in [-0.05, 0) is 42.3 Å². The second kappa shape index (κ2) is 4.97. The number of carbonyl (C=O) groups is 1. The second-order valence-corrected chi connectivity index (χ2v) is 5.70. The van der Waals surface area contributed by atoms with E-state index in [2.05, 4.69) is 11.4 Å². The summed E-state index contributed by atoms with van der Waals surface area (Å²) >= 11 is 1.61. The van der Waals surface area contributed by atoms with Crippen LogP contribution in [0.1, 0.15) is 5.56 Å². The zero-order valence-electron chi connectivity index (χ0n) is 10.2. The van der Waals surface area contributed by atoms with Crippen molar-refractivity contribution >= 4 is 23.4 Å². The summed E-state index contributed by atoms with van der Waals surface area (Å²) in [5.41, 5.74) is 1.94. The van der Waals surface area contributed by atoms with Crippen LogP contribution in [0.25, 0.3) is 0 Å². The predicted molar refractivity (Wildman–Crippen MR) is 76.5 cm³/mol. The van der Waals surface area contributed by atoms with Gasteiger partial charge in [-0.25, -0.2) is 0 Å². The Labute approximate surface area is 115 Å². The number of rotatable bonds is 2. The molecule has 1 unspecified atom stereocenters. The SMILES string of the molecule is O=C(Nc1ccc(O)cc1)C1Cc2ccccc2S1. The molecule has 1 heterocycles. The summed E-state index contributed by atoms with van der Waals surface area (Å²) in [5.74, 6) is 0.201. The minimum absolute atomic E-state index is 0.00638. The quantitative estimate of drug-likeness (QED) is 0.825. The van der Waals surface area contributed by atoms with Gasteiger partial charge < -0.3 is 10.4 Å². The molecule has 2 N–H and O–H groups in total. The second-order valence-electron chi connectivity index (χ2n) is 4.45. The van der Waals surface area contributed by atoms with Crippen LogP contribution >= 0.6 is 11.8 Å². The van der Waals surface area contributed by atoms with E-state index < -0.39 is 0 Å². The molecule has 1 aliphatic heterocycles. The molecule has 2 aromatic rings. The van der Waals surface area contributed by atoms with Crippen molar-refractivity contribution in [2.24, 2.45) is 0 Å². The molecular formula is C15H13NO2S. The van der Waals surface area contributed by atoms with Crippen LogP contribution < -0.4 is 5.32 Å². The molecule has 4 heteroatoms. The van der Waals surface area contributed by atoms with E-state index in [-0.39, 0.29) is 16.9 Å². The lowest BCUT2D eigenvalue weighted by atomic mass is 10.1. The summed E-state index contributed by atoms with van der Waals surface area (Å²) < 4.78 is 0. The largest absolute Gasteiger partial charge is 0.508 e. The Morgan fingerprint density at radius 3 is 2.63 bits per heavy atom. The lowest BCUT2D eigenvalue weighted by Crippen LogP contribution is -2.24. The molecule has 3 nitrogen and oxygen atoms in total. The van der Waals surface area contributed by atoms with E-state index in [1.807, 2.05) is 18.2 Å². The number of phenolic OH excluding ortho intramolecular Hbond substituents is 1. The minimum Gasteiger partial charge on any atom is -0.508 e. The number of hydrogen-bond acceptors (Lipinski definition) is 3. The maximum atomic E-state index is 12.2. The highest BCUT2D eigenvalue weighted by Crippen LogP contribution is 2.37. The zero-order chi connectivity index (χ0) is 13.2. The van der Waals surface area contributed by atoms with Crippen LogP contribution in [0, 0.1) is 0 Å². The first-order valence-electron chi connectivity index (χ1n) is 6.07. The molecule has 1 amide bonds. The Hall–Kier alpha value is -1.94. The number of anilines is 1. The number of hydrogen-bond donors (Lipinski definition) is 2. The number of phenols is 1. The first-order valence-corrected chi connectivity index (χ1v) is 6.95. The van der Waals surface area contributed by atoms with Crippen molar-refractivity contribution in [1.82, 2.24) is 0 Å². The van der Waals surface area contributed by atoms with Crippen LogP contribution in [0.3, 0.4) is 0 Å². The van der Waals surface area contributed by atoms with E-state index in [1.165, 1.54) is 10.5 Å². The highest BCUT2D eigenvalue weighted by molar-refractivity contribution is 8.01. The number of nitrogens with one attached hydrogen (secondary N) is 1. The molecule has 96 valence electrons. The maximum Gasteiger partial charge on any atom is 0.238 e. The summed E-state index contributed by atoms with van der Waals surface area (Å²) in [5, 5.41) is 12.0. The summed E-state index contributed by atoms with van der Waals surface area (Å²) in [4.78, 5) is 13.4. The number of amides is 1. The van der Waals surface area contributed by atoms with Crippen molar-refractivity contribution < 1.29 is 9.90 Å². The molecule has 3 rings (SSSR count). The van der Waals surface area contributed by atoms with Gasteiger partial charge in [-0.2, -0.15) is 0 Å². The molecule has 0 spiro atoms. The summed E-state index contributed by atoms with van der Waals surface area (Å²) in [7, 11) is 0. The highest BCUT2D eigenvalue weighted by atomic mass is 32.2. The predicted octanol–water partition coefficient (Wildman–Crippen LogP) is 3.05. The van der Waals surface area contributed by atoms with Crippen molar-refractivity contribution in [1.29, 1.82) is 0 Å². The third-order valence-electron chi connectivity index (χ3n) is 3.07. The van der Waals surface area contributed by atoms with Gasteiger partial charge in [-0.15, -0.1) is 11.8 Å². The van der Waals surface area contributed by atoms with Gasteiger partial charge in [-0.3, -0.25) is 4.79 Å². The summed E-state index contributed by atoms with van der Waals surface area (Å²) in [6, 6.07) is 14.6. The van der Waals surface area contributed by atoms with Crippen molar-refractivity contribution in [3.63, 3.8) is 0 Å². The molecule has 1 atom stereocenters. The Kier molecular flexibility index (Phi) is 3.17. The van der Waals surface area contributed by atoms with Gasteiger partial charge >= 0.3 is 0 Å². The Morgan fingerprint density at radius 1 is 1.16 bits per heavy atom. The molecular weight excluding hydrogens is 258 g/mol. The van der Waals surface area contributed by atoms with Gasteiger partial charge in [0.2, 0.25) is 5.91 Å². The average Bonchev–Trinajstić information content (AvgIpc) is 2.85. The molecule has 0 fully saturated rings. The number of aromatic hydroxyl groups is 1. The minimum atomic E-state index is -0.0776. The van der Waals surface area contributed by atoms with Crippen LogP contribution in [0.4, 0.5) is 5.69 Å². The van der Waals surface area contributed by atoms with Crippen LogP contribution in [-0.2, 0) is 11.2 Å². The van der Waals surface area contributed by atoms with E-state index in [9.17, 15) is 9.90 Å². The molecule has 1 aliphatic rings. The Bertz CT molecular complexity index is 585. The van der Waals surface area contributed by atoms with Crippen LogP contribution in [0.5, 0.6) is 5.75 Å². The number of benzene rings is 2. The van der Waals surface area contributed by atoms with E-state index in [0.29, 0.717) is 5.69 Å². The third kappa shape index (κ3) is 2.58. The zero-order valence-corrected chi connectivity index (χ0v) is 11.0. The highest BCUT2D eigenvalue weighted by Gasteiger charge is 2.27. The van der Waals surface area contributed by atoms with Crippen LogP contribution in [0.15, 0.2) is 53.4 Å². The van der Waals surface area contributed by atoms with Crippen molar-refractivity contribution in [3.05, 3.63) is 54.1 Å². The number of carbonyl (C=O) groups excluding carboxylic acids is 1. The Morgan fingerprint density at radius 2 is 1.89 bits per heavy atom. The van der Waals surface area contributed by atoms with Crippen LogP contribution in [-0.4, -0.2) is 16.3 Å². The molecule has 0 saturated carbocycles. The molecule has 0 aromatic heterocycles. The van der Waals surface area contributed by atoms with Gasteiger partial charge in [0.05, 0.1) is 5.25 Å². The molecule has 19 heavy (non-hydrogen) atoms. The average molecular weight is 271 g/mol. The van der Waals surface area contributed by atoms with Gasteiger partial charge in [0.25, 0.3) is 0 Å². The fourth-order valence-electron chi connectivity index (χ4n) is 2.10. The lowest BCUT2D eigenvalue weighted by molar-refractivity contribution is -0.115. The van der Waals surface area contributed by atoms with E-state index in [1.54, 1.807) is 36.0 Å². The van der Waals surface area contributed by atoms with Gasteiger partial charge in [-0.1, -0.05) is 18.2 Å². The van der Waals surface area contributed by atoms with Crippen molar-refractivity contribution in [2.45, 2.75) is 16.6 Å². The fraction of sp³-hybridized carbons (Fsp3) is 0.133. The number of thioether (sulfide) groups is 1. The first-order chi connectivity index (χ1) is 9.22. The first kappa shape index (κ1) is 12.1. The Balaban J connectivity index is 1.68. The van der Waals surface area contributed by atoms with Gasteiger partial charge in [0.1, 0.15) is 5.75 Å². The van der Waals surface area contributed by atoms with E-state index >= 15 is 0 Å². The van der Waals surface area contributed by atoms with Crippen molar-refractivity contribution in [3.8, 4) is 5.75 Å². The van der Waals surface area contributed by atoms with E-state index in [4.69, 9.17) is 0 Å². The number of fused-ring (bicyclic) bond motifs is 1. The normalized spacial score (nSPS) is 16.9. The summed E-state index contributed by atoms with van der Waals surface area (Å²) in [6.07, 6.45) is 0.769. The lowest BCUT2D eigenvalue weighted by Gasteiger charge is -2.09. The summed E-state index contributed by atoms with van der Waals surface area (Å²) in [6.45, 7) is 0. The molecule has 0 radical (unpaired) electrons. The van der Waals surface area contributed by atoms with Crippen LogP contribution in [0.2, 0.25) is 0 Å². The van der Waals surface area contributed by atoms with Gasteiger partial charge in [0, 0.05) is 10.6 Å². The molecule has 2 aromatic carbocycles. The van der Waals surface area contributed by atoms with Gasteiger partial charge in [0.15, 0.2) is 0 Å². The third-order valence-corrected chi connectivity index (χ3v) is 4.39. The fourth-order valence-corrected chi connectivity index (χ4v) is 3.29. The molecule has 0 bridgehead atoms. The molecule has 0 aliphatic carbocycles. The maximum absolute atomic E-state index is 12.2. The monoisotopic (exact) mass is 271 g/mol. The van der Waals surface area contributed by atoms with E-state index in [0.717, 1.165) is 6.42 Å². The standard InChI is InChI=1S/C15H13NO2S/c17-12-7-5-11(6-8-12)16-15(18)14-9-10-3-1-2-4-13(10)19-14/h1-8,14,17H,9H2,(H,16,18). The smallest absolute Gasteiger partial charge is 0.238 e.